The van der Waals surface area contributed by atoms with Crippen molar-refractivity contribution in [1.82, 2.24) is 4.90 Å². The molecular formula is C15H22N2. The van der Waals surface area contributed by atoms with Crippen LogP contribution in [-0.4, -0.2) is 24.0 Å². The standard InChI is InChI=1S/C15H22N2/c16-15(13-4-2-1-3-5-13)8-9-17-11-12-6-7-14(17)10-12/h1-5,12,14-15H,6-11,16H2. The lowest BCUT2D eigenvalue weighted by Gasteiger charge is -2.27. The van der Waals surface area contributed by atoms with E-state index in [0.717, 1.165) is 18.4 Å². The van der Waals surface area contributed by atoms with Crippen molar-refractivity contribution >= 4 is 0 Å². The van der Waals surface area contributed by atoms with Crippen LogP contribution in [0.15, 0.2) is 30.3 Å². The molecule has 3 rings (SSSR count). The van der Waals surface area contributed by atoms with E-state index in [1.54, 1.807) is 0 Å². The Balaban J connectivity index is 1.51. The molecule has 2 N–H and O–H groups in total. The molecule has 1 saturated carbocycles. The van der Waals surface area contributed by atoms with Crippen LogP contribution >= 0.6 is 0 Å². The van der Waals surface area contributed by atoms with Gasteiger partial charge in [0.25, 0.3) is 0 Å². The number of hydrogen-bond donors (Lipinski definition) is 1. The average molecular weight is 230 g/mol. The summed E-state index contributed by atoms with van der Waals surface area (Å²) in [5.41, 5.74) is 7.52. The molecular weight excluding hydrogens is 208 g/mol. The first-order valence-corrected chi connectivity index (χ1v) is 6.87. The molecule has 2 bridgehead atoms. The van der Waals surface area contributed by atoms with Crippen LogP contribution in [0.2, 0.25) is 0 Å². The molecule has 0 amide bonds. The number of piperidine rings is 1. The van der Waals surface area contributed by atoms with E-state index in [1.165, 1.54) is 37.9 Å². The van der Waals surface area contributed by atoms with Crippen molar-refractivity contribution in [2.45, 2.75) is 37.8 Å². The third kappa shape index (κ3) is 2.38. The van der Waals surface area contributed by atoms with Gasteiger partial charge in [-0.05, 0) is 37.2 Å². The molecule has 1 aromatic carbocycles. The van der Waals surface area contributed by atoms with Crippen molar-refractivity contribution in [3.05, 3.63) is 35.9 Å². The molecule has 1 aromatic rings. The van der Waals surface area contributed by atoms with Gasteiger partial charge < -0.3 is 10.6 Å². The largest absolute Gasteiger partial charge is 0.324 e. The van der Waals surface area contributed by atoms with Crippen LogP contribution in [0.5, 0.6) is 0 Å². The van der Waals surface area contributed by atoms with Crippen LogP contribution in [0.4, 0.5) is 0 Å². The minimum Gasteiger partial charge on any atom is -0.324 e. The van der Waals surface area contributed by atoms with E-state index >= 15 is 0 Å². The Morgan fingerprint density at radius 3 is 2.71 bits per heavy atom. The second-order valence-corrected chi connectivity index (χ2v) is 5.63. The van der Waals surface area contributed by atoms with Crippen LogP contribution in [0, 0.1) is 5.92 Å². The Bertz CT molecular complexity index is 362. The number of fused-ring (bicyclic) bond motifs is 2. The molecule has 1 heterocycles. The molecule has 0 aromatic heterocycles. The van der Waals surface area contributed by atoms with Gasteiger partial charge >= 0.3 is 0 Å². The first-order valence-electron chi connectivity index (χ1n) is 6.87. The van der Waals surface area contributed by atoms with Gasteiger partial charge in [0.05, 0.1) is 0 Å². The lowest BCUT2D eigenvalue weighted by Crippen LogP contribution is -2.34. The summed E-state index contributed by atoms with van der Waals surface area (Å²) in [5.74, 6) is 0.993. The maximum absolute atomic E-state index is 6.24. The summed E-state index contributed by atoms with van der Waals surface area (Å²) >= 11 is 0. The Morgan fingerprint density at radius 2 is 2.06 bits per heavy atom. The highest BCUT2D eigenvalue weighted by atomic mass is 15.2. The zero-order valence-electron chi connectivity index (χ0n) is 10.4. The summed E-state index contributed by atoms with van der Waals surface area (Å²) in [5, 5.41) is 0. The smallest absolute Gasteiger partial charge is 0.0307 e. The SMILES string of the molecule is NC(CCN1CC2CCC1C2)c1ccccc1. The second-order valence-electron chi connectivity index (χ2n) is 5.63. The number of nitrogens with two attached hydrogens (primary N) is 1. The molecule has 0 radical (unpaired) electrons. The topological polar surface area (TPSA) is 29.3 Å². The van der Waals surface area contributed by atoms with Gasteiger partial charge in [0.2, 0.25) is 0 Å². The van der Waals surface area contributed by atoms with E-state index < -0.39 is 0 Å². The molecule has 17 heavy (non-hydrogen) atoms. The van der Waals surface area contributed by atoms with E-state index in [1.807, 2.05) is 0 Å². The molecule has 2 fully saturated rings. The molecule has 2 nitrogen and oxygen atoms in total. The van der Waals surface area contributed by atoms with Gasteiger partial charge in [0.1, 0.15) is 0 Å². The van der Waals surface area contributed by atoms with E-state index in [4.69, 9.17) is 5.73 Å². The summed E-state index contributed by atoms with van der Waals surface area (Å²) in [7, 11) is 0. The summed E-state index contributed by atoms with van der Waals surface area (Å²) in [6, 6.07) is 11.6. The highest BCUT2D eigenvalue weighted by Gasteiger charge is 2.37. The number of likely N-dealkylation sites (tertiary alicyclic amines) is 1. The Morgan fingerprint density at radius 1 is 1.24 bits per heavy atom. The molecule has 3 unspecified atom stereocenters. The van der Waals surface area contributed by atoms with Gasteiger partial charge in [-0.2, -0.15) is 0 Å². The van der Waals surface area contributed by atoms with E-state index in [-0.39, 0.29) is 6.04 Å². The number of hydrogen-bond acceptors (Lipinski definition) is 2. The van der Waals surface area contributed by atoms with Crippen molar-refractivity contribution < 1.29 is 0 Å². The van der Waals surface area contributed by atoms with Crippen LogP contribution in [-0.2, 0) is 0 Å². The van der Waals surface area contributed by atoms with E-state index in [0.29, 0.717) is 0 Å². The third-order valence-corrected chi connectivity index (χ3v) is 4.48. The fraction of sp³-hybridized carbons (Fsp3) is 0.600. The van der Waals surface area contributed by atoms with Gasteiger partial charge in [-0.25, -0.2) is 0 Å². The molecule has 1 aliphatic heterocycles. The quantitative estimate of drug-likeness (QED) is 0.861. The number of rotatable bonds is 4. The normalized spacial score (nSPS) is 29.7. The molecule has 1 aliphatic carbocycles. The minimum absolute atomic E-state index is 0.204. The predicted octanol–water partition coefficient (Wildman–Crippen LogP) is 2.56. The Labute approximate surface area is 104 Å². The van der Waals surface area contributed by atoms with Crippen molar-refractivity contribution in [3.8, 4) is 0 Å². The molecule has 0 spiro atoms. The van der Waals surface area contributed by atoms with Gasteiger partial charge in [-0.3, -0.25) is 0 Å². The van der Waals surface area contributed by atoms with Gasteiger partial charge in [-0.15, -0.1) is 0 Å². The number of nitrogens with zero attached hydrogens (tertiary/aromatic N) is 1. The second kappa shape index (κ2) is 4.79. The van der Waals surface area contributed by atoms with Crippen LogP contribution in [0.1, 0.15) is 37.3 Å². The van der Waals surface area contributed by atoms with E-state index in [2.05, 4.69) is 35.2 Å². The Hall–Kier alpha value is -0.860. The van der Waals surface area contributed by atoms with Crippen molar-refractivity contribution in [3.63, 3.8) is 0 Å². The molecule has 1 saturated heterocycles. The highest BCUT2D eigenvalue weighted by Crippen LogP contribution is 2.37. The van der Waals surface area contributed by atoms with Crippen LogP contribution in [0.3, 0.4) is 0 Å². The van der Waals surface area contributed by atoms with Crippen LogP contribution in [0.25, 0.3) is 0 Å². The predicted molar refractivity (Wildman–Crippen MR) is 70.7 cm³/mol. The first kappa shape index (κ1) is 11.2. The zero-order valence-corrected chi connectivity index (χ0v) is 10.4. The lowest BCUT2D eigenvalue weighted by atomic mass is 10.0. The summed E-state index contributed by atoms with van der Waals surface area (Å²) in [4.78, 5) is 2.66. The van der Waals surface area contributed by atoms with Gasteiger partial charge in [-0.1, -0.05) is 30.3 Å². The summed E-state index contributed by atoms with van der Waals surface area (Å²) < 4.78 is 0. The Kier molecular flexibility index (Phi) is 3.17. The van der Waals surface area contributed by atoms with Crippen molar-refractivity contribution in [2.24, 2.45) is 11.7 Å². The third-order valence-electron chi connectivity index (χ3n) is 4.48. The highest BCUT2D eigenvalue weighted by molar-refractivity contribution is 5.18. The fourth-order valence-corrected chi connectivity index (χ4v) is 3.47. The number of benzene rings is 1. The monoisotopic (exact) mass is 230 g/mol. The van der Waals surface area contributed by atoms with Crippen LogP contribution < -0.4 is 5.73 Å². The lowest BCUT2D eigenvalue weighted by molar-refractivity contribution is 0.206. The average Bonchev–Trinajstić information content (AvgIpc) is 2.99. The van der Waals surface area contributed by atoms with Crippen molar-refractivity contribution in [2.75, 3.05) is 13.1 Å². The van der Waals surface area contributed by atoms with Gasteiger partial charge in [0.15, 0.2) is 0 Å². The first-order chi connectivity index (χ1) is 8.33. The molecule has 92 valence electrons. The molecule has 3 atom stereocenters. The van der Waals surface area contributed by atoms with Crippen molar-refractivity contribution in [1.29, 1.82) is 0 Å². The molecule has 2 aliphatic rings. The fourth-order valence-electron chi connectivity index (χ4n) is 3.47. The molecule has 2 heteroatoms. The van der Waals surface area contributed by atoms with E-state index in [9.17, 15) is 0 Å². The zero-order chi connectivity index (χ0) is 11.7. The maximum atomic E-state index is 6.24. The minimum atomic E-state index is 0.204. The van der Waals surface area contributed by atoms with Gasteiger partial charge in [0, 0.05) is 25.2 Å². The summed E-state index contributed by atoms with van der Waals surface area (Å²) in [6.45, 7) is 2.50. The maximum Gasteiger partial charge on any atom is 0.0307 e. The summed E-state index contributed by atoms with van der Waals surface area (Å²) in [6.07, 6.45) is 5.42.